The molecule has 3 heterocycles. The minimum Gasteiger partial charge on any atom is -0.396 e. The van der Waals surface area contributed by atoms with Crippen LogP contribution in [0.5, 0.6) is 0 Å². The van der Waals surface area contributed by atoms with Crippen LogP contribution in [0.15, 0.2) is 42.6 Å². The molecule has 0 bridgehead atoms. The summed E-state index contributed by atoms with van der Waals surface area (Å²) in [5.41, 5.74) is 5.73. The Morgan fingerprint density at radius 1 is 1.03 bits per heavy atom. The highest BCUT2D eigenvalue weighted by molar-refractivity contribution is 5.91. The van der Waals surface area contributed by atoms with Crippen LogP contribution >= 0.6 is 0 Å². The van der Waals surface area contributed by atoms with Crippen LogP contribution in [-0.4, -0.2) is 46.9 Å². The van der Waals surface area contributed by atoms with E-state index in [2.05, 4.69) is 15.0 Å². The Morgan fingerprint density at radius 3 is 2.36 bits per heavy atom. The van der Waals surface area contributed by atoms with Gasteiger partial charge in [-0.3, -0.25) is 4.79 Å². The van der Waals surface area contributed by atoms with Crippen LogP contribution in [0.2, 0.25) is 0 Å². The monoisotopic (exact) mass is 460 g/mol. The molecule has 172 valence electrons. The molecule has 1 aromatic carbocycles. The average Bonchev–Trinajstić information content (AvgIpc) is 2.80. The Morgan fingerprint density at radius 2 is 1.73 bits per heavy atom. The molecule has 1 fully saturated rings. The molecule has 0 unspecified atom stereocenters. The lowest BCUT2D eigenvalue weighted by atomic mass is 10.1. The molecule has 7 nitrogen and oxygen atoms in total. The van der Waals surface area contributed by atoms with Crippen molar-refractivity contribution in [1.29, 1.82) is 0 Å². The summed E-state index contributed by atoms with van der Waals surface area (Å²) < 4.78 is 53.7. The third kappa shape index (κ3) is 4.71. The number of ketones is 1. The van der Waals surface area contributed by atoms with Crippen LogP contribution in [-0.2, 0) is 6.18 Å². The number of rotatable bonds is 4. The van der Waals surface area contributed by atoms with Gasteiger partial charge in [0.15, 0.2) is 11.6 Å². The minimum atomic E-state index is -4.50. The summed E-state index contributed by atoms with van der Waals surface area (Å²) >= 11 is 0. The second-order valence-corrected chi connectivity index (χ2v) is 7.57. The zero-order chi connectivity index (χ0) is 23.8. The van der Waals surface area contributed by atoms with Gasteiger partial charge < -0.3 is 15.5 Å². The van der Waals surface area contributed by atoms with E-state index in [4.69, 9.17) is 5.73 Å². The van der Waals surface area contributed by atoms with E-state index in [1.165, 1.54) is 37.4 Å². The molecule has 0 atom stereocenters. The van der Waals surface area contributed by atoms with E-state index in [0.717, 1.165) is 6.07 Å². The van der Waals surface area contributed by atoms with Gasteiger partial charge in [0.2, 0.25) is 0 Å². The number of piperazine rings is 1. The summed E-state index contributed by atoms with van der Waals surface area (Å²) in [5, 5.41) is 0. The first-order valence-corrected chi connectivity index (χ1v) is 10.1. The summed E-state index contributed by atoms with van der Waals surface area (Å²) in [4.78, 5) is 28.0. The van der Waals surface area contributed by atoms with Gasteiger partial charge in [-0.05, 0) is 30.3 Å². The quantitative estimate of drug-likeness (QED) is 0.360. The normalized spacial score (nSPS) is 14.5. The Kier molecular flexibility index (Phi) is 5.88. The van der Waals surface area contributed by atoms with E-state index in [0.29, 0.717) is 30.2 Å². The third-order valence-electron chi connectivity index (χ3n) is 5.31. The summed E-state index contributed by atoms with van der Waals surface area (Å²) in [5.74, 6) is -0.597. The molecule has 33 heavy (non-hydrogen) atoms. The zero-order valence-corrected chi connectivity index (χ0v) is 17.6. The third-order valence-corrected chi connectivity index (χ3v) is 5.31. The molecule has 3 aromatic rings. The largest absolute Gasteiger partial charge is 0.419 e. The minimum absolute atomic E-state index is 0.0168. The van der Waals surface area contributed by atoms with Gasteiger partial charge in [0.1, 0.15) is 17.5 Å². The molecule has 0 spiro atoms. The predicted octanol–water partition coefficient (Wildman–Crippen LogP) is 3.81. The molecule has 0 aliphatic carbocycles. The number of hydrogen-bond donors (Lipinski definition) is 1. The Labute approximate surface area is 186 Å². The molecule has 0 amide bonds. The first-order chi connectivity index (χ1) is 15.6. The number of Topliss-reactive ketones (excluding diaryl/α,β-unsaturated/α-hetero) is 1. The van der Waals surface area contributed by atoms with E-state index in [9.17, 15) is 22.4 Å². The van der Waals surface area contributed by atoms with E-state index in [1.807, 2.05) is 4.90 Å². The van der Waals surface area contributed by atoms with Gasteiger partial charge in [0.05, 0.1) is 16.9 Å². The van der Waals surface area contributed by atoms with Gasteiger partial charge in [0.25, 0.3) is 0 Å². The number of nitrogens with zero attached hydrogens (tertiary/aromatic N) is 5. The average molecular weight is 460 g/mol. The highest BCUT2D eigenvalue weighted by Gasteiger charge is 2.36. The number of hydrogen-bond acceptors (Lipinski definition) is 7. The van der Waals surface area contributed by atoms with Crippen molar-refractivity contribution in [2.75, 3.05) is 41.7 Å². The van der Waals surface area contributed by atoms with Crippen molar-refractivity contribution in [3.63, 3.8) is 0 Å². The van der Waals surface area contributed by atoms with Crippen LogP contribution in [0.1, 0.15) is 23.1 Å². The number of nitrogens with two attached hydrogens (primary N) is 1. The van der Waals surface area contributed by atoms with Gasteiger partial charge in [-0.25, -0.2) is 19.3 Å². The first-order valence-electron chi connectivity index (χ1n) is 10.1. The molecule has 1 saturated heterocycles. The number of nitrogen functional groups attached to an aromatic ring is 1. The van der Waals surface area contributed by atoms with Crippen molar-refractivity contribution < 1.29 is 22.4 Å². The number of benzene rings is 1. The summed E-state index contributed by atoms with van der Waals surface area (Å²) in [7, 11) is 0. The number of alkyl halides is 3. The van der Waals surface area contributed by atoms with Crippen LogP contribution < -0.4 is 15.5 Å². The SMILES string of the molecule is CC(=O)c1nc(-c2ccc(F)c(N)c2)cc(N2CCN(c3ncccc3C(F)(F)F)CC2)n1. The van der Waals surface area contributed by atoms with Crippen molar-refractivity contribution in [3.8, 4) is 11.3 Å². The van der Waals surface area contributed by atoms with Crippen molar-refractivity contribution in [1.82, 2.24) is 15.0 Å². The maximum Gasteiger partial charge on any atom is 0.419 e. The van der Waals surface area contributed by atoms with Gasteiger partial charge in [-0.15, -0.1) is 0 Å². The predicted molar refractivity (Wildman–Crippen MR) is 116 cm³/mol. The molecule has 2 N–H and O–H groups in total. The summed E-state index contributed by atoms with van der Waals surface area (Å²) in [6, 6.07) is 8.05. The second kappa shape index (κ2) is 8.64. The smallest absolute Gasteiger partial charge is 0.396 e. The standard InChI is InChI=1S/C22H20F4N6O/c1-13(33)20-29-18(14-4-5-16(23)17(27)11-14)12-19(30-20)31-7-9-32(10-8-31)21-15(22(24,25)26)3-2-6-28-21/h2-6,11-12H,7-10,27H2,1H3. The lowest BCUT2D eigenvalue weighted by Crippen LogP contribution is -2.47. The van der Waals surface area contributed by atoms with Crippen LogP contribution in [0.4, 0.5) is 34.9 Å². The first kappa shape index (κ1) is 22.4. The molecule has 0 radical (unpaired) electrons. The van der Waals surface area contributed by atoms with E-state index in [1.54, 1.807) is 11.0 Å². The van der Waals surface area contributed by atoms with Crippen molar-refractivity contribution in [3.05, 3.63) is 59.8 Å². The lowest BCUT2D eigenvalue weighted by molar-refractivity contribution is -0.137. The zero-order valence-electron chi connectivity index (χ0n) is 17.6. The fourth-order valence-corrected chi connectivity index (χ4v) is 3.62. The Hall–Kier alpha value is -3.76. The highest BCUT2D eigenvalue weighted by atomic mass is 19.4. The van der Waals surface area contributed by atoms with E-state index < -0.39 is 17.6 Å². The van der Waals surface area contributed by atoms with E-state index in [-0.39, 0.29) is 36.2 Å². The molecule has 11 heteroatoms. The molecular weight excluding hydrogens is 440 g/mol. The topological polar surface area (TPSA) is 88.2 Å². The maximum absolute atomic E-state index is 13.6. The molecular formula is C22H20F4N6O. The van der Waals surface area contributed by atoms with Gasteiger partial charge >= 0.3 is 6.18 Å². The number of carbonyl (C=O) groups is 1. The van der Waals surface area contributed by atoms with Gasteiger partial charge in [-0.2, -0.15) is 13.2 Å². The van der Waals surface area contributed by atoms with Crippen LogP contribution in [0, 0.1) is 5.82 Å². The van der Waals surface area contributed by atoms with Crippen LogP contribution in [0.25, 0.3) is 11.3 Å². The van der Waals surface area contributed by atoms with Gasteiger partial charge in [0, 0.05) is 50.9 Å². The number of carbonyl (C=O) groups excluding carboxylic acids is 1. The Balaban J connectivity index is 1.60. The molecule has 2 aromatic heterocycles. The van der Waals surface area contributed by atoms with Crippen LogP contribution in [0.3, 0.4) is 0 Å². The maximum atomic E-state index is 13.6. The number of halogens is 4. The fraction of sp³-hybridized carbons (Fsp3) is 0.273. The van der Waals surface area contributed by atoms with Crippen molar-refractivity contribution in [2.24, 2.45) is 0 Å². The number of aromatic nitrogens is 3. The van der Waals surface area contributed by atoms with E-state index >= 15 is 0 Å². The highest BCUT2D eigenvalue weighted by Crippen LogP contribution is 2.35. The number of pyridine rings is 1. The fourth-order valence-electron chi connectivity index (χ4n) is 3.62. The molecule has 0 saturated carbocycles. The van der Waals surface area contributed by atoms with Gasteiger partial charge in [-0.1, -0.05) is 0 Å². The Bertz CT molecular complexity index is 1190. The molecule has 1 aliphatic heterocycles. The number of anilines is 3. The van der Waals surface area contributed by atoms with Crippen molar-refractivity contribution in [2.45, 2.75) is 13.1 Å². The molecule has 1 aliphatic rings. The van der Waals surface area contributed by atoms with Crippen molar-refractivity contribution >= 4 is 23.1 Å². The molecule has 4 rings (SSSR count). The summed E-state index contributed by atoms with van der Waals surface area (Å²) in [6.07, 6.45) is -3.17. The lowest BCUT2D eigenvalue weighted by Gasteiger charge is -2.37. The second-order valence-electron chi connectivity index (χ2n) is 7.57. The summed E-state index contributed by atoms with van der Waals surface area (Å²) in [6.45, 7) is 2.59.